The van der Waals surface area contributed by atoms with Gasteiger partial charge in [-0.15, -0.1) is 11.3 Å². The Morgan fingerprint density at radius 3 is 2.76 bits per heavy atom. The number of aryl methyl sites for hydroxylation is 1. The van der Waals surface area contributed by atoms with Gasteiger partial charge in [-0.2, -0.15) is 0 Å². The van der Waals surface area contributed by atoms with Gasteiger partial charge >= 0.3 is 0 Å². The second kappa shape index (κ2) is 6.26. The molecule has 2 atom stereocenters. The minimum atomic E-state index is 0.614. The van der Waals surface area contributed by atoms with E-state index in [0.717, 1.165) is 24.6 Å². The lowest BCUT2D eigenvalue weighted by molar-refractivity contribution is 0.253. The summed E-state index contributed by atoms with van der Waals surface area (Å²) in [5.41, 5.74) is 9.48. The average molecular weight is 301 g/mol. The third kappa shape index (κ3) is 3.34. The zero-order valence-corrected chi connectivity index (χ0v) is 13.6. The van der Waals surface area contributed by atoms with Crippen molar-refractivity contribution >= 4 is 11.3 Å². The summed E-state index contributed by atoms with van der Waals surface area (Å²) >= 11 is 1.74. The Bertz CT molecular complexity index is 590. The molecule has 3 rings (SSSR count). The van der Waals surface area contributed by atoms with Gasteiger partial charge in [0.15, 0.2) is 0 Å². The fourth-order valence-corrected chi connectivity index (χ4v) is 3.84. The highest BCUT2D eigenvalue weighted by atomic mass is 32.1. The Morgan fingerprint density at radius 2 is 2.10 bits per heavy atom. The van der Waals surface area contributed by atoms with Crippen molar-refractivity contribution in [1.82, 2.24) is 9.88 Å². The van der Waals surface area contributed by atoms with Crippen LogP contribution in [0.4, 0.5) is 0 Å². The van der Waals surface area contributed by atoms with Gasteiger partial charge in [0.2, 0.25) is 0 Å². The van der Waals surface area contributed by atoms with Crippen LogP contribution in [0.2, 0.25) is 0 Å². The fourth-order valence-electron chi connectivity index (χ4n) is 3.03. The molecule has 2 N–H and O–H groups in total. The lowest BCUT2D eigenvalue weighted by atomic mass is 10.1. The first-order valence-corrected chi connectivity index (χ1v) is 8.49. The molecular weight excluding hydrogens is 278 g/mol. The SMILES string of the molecule is Cc1ccc(-c2nc(CN3CC(CN)CC3C)cs2)cc1. The van der Waals surface area contributed by atoms with E-state index >= 15 is 0 Å². The van der Waals surface area contributed by atoms with E-state index in [1.807, 2.05) is 0 Å². The minimum absolute atomic E-state index is 0.614. The molecule has 0 amide bonds. The number of aromatic nitrogens is 1. The molecule has 0 radical (unpaired) electrons. The van der Waals surface area contributed by atoms with Gasteiger partial charge in [-0.25, -0.2) is 4.98 Å². The van der Waals surface area contributed by atoms with Crippen LogP contribution in [0, 0.1) is 12.8 Å². The zero-order chi connectivity index (χ0) is 14.8. The lowest BCUT2D eigenvalue weighted by Crippen LogP contribution is -2.27. The van der Waals surface area contributed by atoms with Crippen molar-refractivity contribution in [2.24, 2.45) is 11.7 Å². The molecule has 4 heteroatoms. The molecule has 1 aromatic heterocycles. The van der Waals surface area contributed by atoms with Crippen LogP contribution >= 0.6 is 11.3 Å². The van der Waals surface area contributed by atoms with Crippen LogP contribution < -0.4 is 5.73 Å². The van der Waals surface area contributed by atoms with E-state index in [2.05, 4.69) is 48.4 Å². The van der Waals surface area contributed by atoms with Gasteiger partial charge in [-0.3, -0.25) is 4.90 Å². The highest BCUT2D eigenvalue weighted by Gasteiger charge is 2.28. The van der Waals surface area contributed by atoms with Crippen LogP contribution in [0.15, 0.2) is 29.6 Å². The van der Waals surface area contributed by atoms with E-state index in [4.69, 9.17) is 10.7 Å². The van der Waals surface area contributed by atoms with Crippen molar-refractivity contribution < 1.29 is 0 Å². The molecule has 1 aromatic carbocycles. The summed E-state index contributed by atoms with van der Waals surface area (Å²) in [6, 6.07) is 9.21. The van der Waals surface area contributed by atoms with Crippen molar-refractivity contribution in [2.45, 2.75) is 32.9 Å². The monoisotopic (exact) mass is 301 g/mol. The maximum Gasteiger partial charge on any atom is 0.123 e. The summed E-state index contributed by atoms with van der Waals surface area (Å²) in [4.78, 5) is 7.31. The number of nitrogens with zero attached hydrogens (tertiary/aromatic N) is 2. The first-order chi connectivity index (χ1) is 10.2. The van der Waals surface area contributed by atoms with E-state index in [-0.39, 0.29) is 0 Å². The van der Waals surface area contributed by atoms with Crippen LogP contribution in [0.25, 0.3) is 10.6 Å². The number of likely N-dealkylation sites (tertiary alicyclic amines) is 1. The van der Waals surface area contributed by atoms with Gasteiger partial charge in [0.05, 0.1) is 5.69 Å². The molecule has 2 heterocycles. The van der Waals surface area contributed by atoms with Gasteiger partial charge in [0.1, 0.15) is 5.01 Å². The predicted octanol–water partition coefficient (Wildman–Crippen LogP) is 3.29. The number of nitrogens with two attached hydrogens (primary N) is 1. The number of hydrogen-bond acceptors (Lipinski definition) is 4. The van der Waals surface area contributed by atoms with Gasteiger partial charge < -0.3 is 5.73 Å². The summed E-state index contributed by atoms with van der Waals surface area (Å²) in [7, 11) is 0. The number of benzene rings is 1. The molecule has 2 aromatic rings. The third-order valence-corrected chi connectivity index (χ3v) is 5.28. The summed E-state index contributed by atoms with van der Waals surface area (Å²) in [6.07, 6.45) is 1.21. The van der Waals surface area contributed by atoms with Crippen LogP contribution in [0.1, 0.15) is 24.6 Å². The van der Waals surface area contributed by atoms with E-state index in [9.17, 15) is 0 Å². The molecule has 1 aliphatic heterocycles. The summed E-state index contributed by atoms with van der Waals surface area (Å²) < 4.78 is 0. The molecule has 2 unspecified atom stereocenters. The predicted molar refractivity (Wildman–Crippen MR) is 89.3 cm³/mol. The molecule has 0 bridgehead atoms. The third-order valence-electron chi connectivity index (χ3n) is 4.34. The van der Waals surface area contributed by atoms with Crippen LogP contribution in [0.5, 0.6) is 0 Å². The fraction of sp³-hybridized carbons (Fsp3) is 0.471. The molecule has 1 saturated heterocycles. The highest BCUT2D eigenvalue weighted by molar-refractivity contribution is 7.13. The second-order valence-electron chi connectivity index (χ2n) is 6.13. The van der Waals surface area contributed by atoms with Crippen molar-refractivity contribution in [2.75, 3.05) is 13.1 Å². The summed E-state index contributed by atoms with van der Waals surface area (Å²) in [5, 5.41) is 3.31. The molecule has 0 saturated carbocycles. The molecule has 21 heavy (non-hydrogen) atoms. The van der Waals surface area contributed by atoms with Gasteiger partial charge in [-0.1, -0.05) is 29.8 Å². The second-order valence-corrected chi connectivity index (χ2v) is 6.98. The van der Waals surface area contributed by atoms with E-state index < -0.39 is 0 Å². The Hall–Kier alpha value is -1.23. The quantitative estimate of drug-likeness (QED) is 0.942. The molecule has 1 aliphatic rings. The Kier molecular flexibility index (Phi) is 4.38. The molecule has 3 nitrogen and oxygen atoms in total. The van der Waals surface area contributed by atoms with Crippen LogP contribution in [0.3, 0.4) is 0 Å². The maximum atomic E-state index is 5.80. The molecular formula is C17H23N3S. The van der Waals surface area contributed by atoms with E-state index in [1.54, 1.807) is 11.3 Å². The normalized spacial score (nSPS) is 22.8. The topological polar surface area (TPSA) is 42.2 Å². The number of hydrogen-bond donors (Lipinski definition) is 1. The van der Waals surface area contributed by atoms with Gasteiger partial charge in [0.25, 0.3) is 0 Å². The van der Waals surface area contributed by atoms with Crippen LogP contribution in [-0.2, 0) is 6.54 Å². The molecule has 1 fully saturated rings. The number of rotatable bonds is 4. The van der Waals surface area contributed by atoms with Crippen molar-refractivity contribution in [3.05, 3.63) is 40.9 Å². The zero-order valence-electron chi connectivity index (χ0n) is 12.7. The highest BCUT2D eigenvalue weighted by Crippen LogP contribution is 2.27. The Morgan fingerprint density at radius 1 is 1.33 bits per heavy atom. The summed E-state index contributed by atoms with van der Waals surface area (Å²) in [5.74, 6) is 0.648. The lowest BCUT2D eigenvalue weighted by Gasteiger charge is -2.19. The smallest absolute Gasteiger partial charge is 0.123 e. The maximum absolute atomic E-state index is 5.80. The van der Waals surface area contributed by atoms with Gasteiger partial charge in [-0.05, 0) is 32.7 Å². The van der Waals surface area contributed by atoms with Gasteiger partial charge in [0, 0.05) is 30.1 Å². The molecule has 112 valence electrons. The first kappa shape index (κ1) is 14.7. The van der Waals surface area contributed by atoms with Crippen molar-refractivity contribution in [3.63, 3.8) is 0 Å². The minimum Gasteiger partial charge on any atom is -0.330 e. The van der Waals surface area contributed by atoms with E-state index in [0.29, 0.717) is 12.0 Å². The van der Waals surface area contributed by atoms with Crippen molar-refractivity contribution in [1.29, 1.82) is 0 Å². The average Bonchev–Trinajstić information content (AvgIpc) is 3.08. The number of thiazole rings is 1. The largest absolute Gasteiger partial charge is 0.330 e. The molecule has 0 spiro atoms. The van der Waals surface area contributed by atoms with E-state index in [1.165, 1.54) is 23.2 Å². The Labute approximate surface area is 130 Å². The van der Waals surface area contributed by atoms with Crippen molar-refractivity contribution in [3.8, 4) is 10.6 Å². The Balaban J connectivity index is 1.69. The standard InChI is InChI=1S/C17H23N3S/c1-12-3-5-15(6-4-12)17-19-16(11-21-17)10-20-9-14(8-18)7-13(20)2/h3-6,11,13-14H,7-10,18H2,1-2H3. The molecule has 0 aliphatic carbocycles. The summed E-state index contributed by atoms with van der Waals surface area (Å²) in [6.45, 7) is 7.25. The first-order valence-electron chi connectivity index (χ1n) is 7.61. The van der Waals surface area contributed by atoms with Crippen LogP contribution in [-0.4, -0.2) is 29.0 Å².